The van der Waals surface area contributed by atoms with Crippen molar-refractivity contribution in [1.82, 2.24) is 14.3 Å². The predicted octanol–water partition coefficient (Wildman–Crippen LogP) is -0.746. The number of hydrogen-bond acceptors (Lipinski definition) is 3. The number of hydrogen-bond donors (Lipinski definition) is 2. The van der Waals surface area contributed by atoms with E-state index in [0.29, 0.717) is 0 Å². The maximum atomic E-state index is 11.1. The Morgan fingerprint density at radius 3 is 2.31 bits per heavy atom. The van der Waals surface area contributed by atoms with Crippen LogP contribution in [0.4, 0.5) is 4.79 Å². The lowest BCUT2D eigenvalue weighted by Crippen LogP contribution is -2.45. The van der Waals surface area contributed by atoms with Crippen LogP contribution >= 0.6 is 0 Å². The zero-order valence-electron chi connectivity index (χ0n) is 7.57. The largest absolute Gasteiger partial charge is 0.335 e. The molecule has 0 spiro atoms. The topological polar surface area (TPSA) is 78.5 Å². The highest BCUT2D eigenvalue weighted by Crippen LogP contribution is 2.18. The lowest BCUT2D eigenvalue weighted by Gasteiger charge is -2.12. The standard InChI is InChI=1S/C6H13N3O3S/c1-9(2)13(11,12)8-6(10)7-5-3-4-5/h5H,3-4H2,1-2H3,(H2,7,8,10). The van der Waals surface area contributed by atoms with Gasteiger partial charge in [-0.3, -0.25) is 0 Å². The van der Waals surface area contributed by atoms with Crippen LogP contribution in [0.1, 0.15) is 12.8 Å². The molecular formula is C6H13N3O3S. The molecule has 0 unspecified atom stereocenters. The van der Waals surface area contributed by atoms with Gasteiger partial charge in [0.1, 0.15) is 0 Å². The number of carbonyl (C=O) groups excluding carboxylic acids is 1. The fraction of sp³-hybridized carbons (Fsp3) is 0.833. The third-order valence-corrected chi connectivity index (χ3v) is 3.02. The third-order valence-electron chi connectivity index (χ3n) is 1.61. The van der Waals surface area contributed by atoms with Gasteiger partial charge in [0.05, 0.1) is 0 Å². The average Bonchev–Trinajstić information content (AvgIpc) is 2.69. The minimum absolute atomic E-state index is 0.150. The van der Waals surface area contributed by atoms with Crippen molar-refractivity contribution in [3.05, 3.63) is 0 Å². The molecule has 0 saturated heterocycles. The highest BCUT2D eigenvalue weighted by molar-refractivity contribution is 7.87. The molecule has 1 aliphatic carbocycles. The molecule has 0 atom stereocenters. The predicted molar refractivity (Wildman–Crippen MR) is 47.3 cm³/mol. The van der Waals surface area contributed by atoms with Crippen molar-refractivity contribution in [2.75, 3.05) is 14.1 Å². The van der Waals surface area contributed by atoms with E-state index in [1.165, 1.54) is 14.1 Å². The second kappa shape index (κ2) is 3.51. The summed E-state index contributed by atoms with van der Waals surface area (Å²) in [5.41, 5.74) is 0. The van der Waals surface area contributed by atoms with Gasteiger partial charge < -0.3 is 5.32 Å². The Balaban J connectivity index is 2.42. The Hall–Kier alpha value is -0.820. The number of amides is 2. The Morgan fingerprint density at radius 1 is 1.38 bits per heavy atom. The van der Waals surface area contributed by atoms with E-state index in [2.05, 4.69) is 5.32 Å². The second-order valence-corrected chi connectivity index (χ2v) is 5.02. The first-order valence-electron chi connectivity index (χ1n) is 3.92. The molecule has 1 aliphatic rings. The minimum Gasteiger partial charge on any atom is -0.335 e. The quantitative estimate of drug-likeness (QED) is 0.639. The molecule has 13 heavy (non-hydrogen) atoms. The van der Waals surface area contributed by atoms with Crippen molar-refractivity contribution >= 4 is 16.2 Å². The summed E-state index contributed by atoms with van der Waals surface area (Å²) in [6, 6.07) is -0.506. The highest BCUT2D eigenvalue weighted by Gasteiger charge is 2.25. The number of urea groups is 1. The van der Waals surface area contributed by atoms with Gasteiger partial charge in [-0.05, 0) is 12.8 Å². The zero-order valence-corrected chi connectivity index (χ0v) is 8.39. The van der Waals surface area contributed by atoms with Crippen LogP contribution in [0, 0.1) is 0 Å². The van der Waals surface area contributed by atoms with E-state index in [0.717, 1.165) is 17.1 Å². The summed E-state index contributed by atoms with van der Waals surface area (Å²) in [4.78, 5) is 11.0. The molecule has 2 N–H and O–H groups in total. The Morgan fingerprint density at radius 2 is 1.92 bits per heavy atom. The molecule has 0 aliphatic heterocycles. The Bertz CT molecular complexity index is 294. The first-order chi connectivity index (χ1) is 5.92. The van der Waals surface area contributed by atoms with E-state index in [4.69, 9.17) is 0 Å². The van der Waals surface area contributed by atoms with E-state index in [9.17, 15) is 13.2 Å². The van der Waals surface area contributed by atoms with Crippen molar-refractivity contribution in [2.24, 2.45) is 0 Å². The molecule has 0 radical (unpaired) electrons. The SMILES string of the molecule is CN(C)S(=O)(=O)NC(=O)NC1CC1. The lowest BCUT2D eigenvalue weighted by atomic mass is 10.7. The summed E-state index contributed by atoms with van der Waals surface area (Å²) < 4.78 is 25.0. The van der Waals surface area contributed by atoms with Crippen LogP contribution in [0.25, 0.3) is 0 Å². The molecule has 6 nitrogen and oxygen atoms in total. The van der Waals surface area contributed by atoms with Crippen LogP contribution in [-0.2, 0) is 10.2 Å². The first kappa shape index (κ1) is 10.3. The molecule has 0 bridgehead atoms. The van der Waals surface area contributed by atoms with Gasteiger partial charge in [0.15, 0.2) is 0 Å². The van der Waals surface area contributed by atoms with Gasteiger partial charge in [-0.2, -0.15) is 12.7 Å². The smallest absolute Gasteiger partial charge is 0.329 e. The van der Waals surface area contributed by atoms with Gasteiger partial charge in [-0.25, -0.2) is 9.52 Å². The Labute approximate surface area is 77.5 Å². The van der Waals surface area contributed by atoms with Gasteiger partial charge >= 0.3 is 16.2 Å². The van der Waals surface area contributed by atoms with E-state index in [1.807, 2.05) is 4.72 Å². The van der Waals surface area contributed by atoms with Gasteiger partial charge in [-0.15, -0.1) is 0 Å². The molecule has 1 saturated carbocycles. The number of carbonyl (C=O) groups is 1. The van der Waals surface area contributed by atoms with Crippen LogP contribution in [0.3, 0.4) is 0 Å². The molecule has 7 heteroatoms. The van der Waals surface area contributed by atoms with Crippen molar-refractivity contribution in [1.29, 1.82) is 0 Å². The number of nitrogens with one attached hydrogen (secondary N) is 2. The second-order valence-electron chi connectivity index (χ2n) is 3.14. The van der Waals surface area contributed by atoms with E-state index in [-0.39, 0.29) is 6.04 Å². The lowest BCUT2D eigenvalue weighted by molar-refractivity contribution is 0.245. The monoisotopic (exact) mass is 207 g/mol. The van der Waals surface area contributed by atoms with Gasteiger partial charge in [0, 0.05) is 20.1 Å². The molecule has 76 valence electrons. The van der Waals surface area contributed by atoms with Crippen molar-refractivity contribution in [3.63, 3.8) is 0 Å². The molecule has 0 heterocycles. The van der Waals surface area contributed by atoms with Crippen molar-refractivity contribution < 1.29 is 13.2 Å². The van der Waals surface area contributed by atoms with E-state index >= 15 is 0 Å². The first-order valence-corrected chi connectivity index (χ1v) is 5.36. The normalized spacial score (nSPS) is 17.2. The van der Waals surface area contributed by atoms with Crippen LogP contribution in [0.15, 0.2) is 0 Å². The summed E-state index contributed by atoms with van der Waals surface area (Å²) in [7, 11) is -0.936. The molecule has 0 aromatic heterocycles. The van der Waals surface area contributed by atoms with Gasteiger partial charge in [0.2, 0.25) is 0 Å². The van der Waals surface area contributed by atoms with Crippen LogP contribution < -0.4 is 10.0 Å². The molecule has 0 aromatic rings. The molecule has 2 amide bonds. The Kier molecular flexibility index (Phi) is 2.77. The minimum atomic E-state index is -3.64. The van der Waals surface area contributed by atoms with Crippen LogP contribution in [0.5, 0.6) is 0 Å². The molecular weight excluding hydrogens is 194 g/mol. The van der Waals surface area contributed by atoms with Crippen LogP contribution in [-0.4, -0.2) is 38.9 Å². The fourth-order valence-electron chi connectivity index (χ4n) is 0.651. The summed E-state index contributed by atoms with van der Waals surface area (Å²) in [5.74, 6) is 0. The van der Waals surface area contributed by atoms with Crippen LogP contribution in [0.2, 0.25) is 0 Å². The van der Waals surface area contributed by atoms with Gasteiger partial charge in [0.25, 0.3) is 0 Å². The van der Waals surface area contributed by atoms with E-state index in [1.54, 1.807) is 0 Å². The molecule has 1 fully saturated rings. The summed E-state index contributed by atoms with van der Waals surface area (Å²) in [5, 5.41) is 2.51. The maximum absolute atomic E-state index is 11.1. The van der Waals surface area contributed by atoms with Gasteiger partial charge in [-0.1, -0.05) is 0 Å². The summed E-state index contributed by atoms with van der Waals surface area (Å²) in [6.07, 6.45) is 1.85. The molecule has 1 rings (SSSR count). The third kappa shape index (κ3) is 3.19. The maximum Gasteiger partial charge on any atom is 0.329 e. The average molecular weight is 207 g/mol. The number of rotatable bonds is 3. The van der Waals surface area contributed by atoms with Crippen molar-refractivity contribution in [3.8, 4) is 0 Å². The van der Waals surface area contributed by atoms with E-state index < -0.39 is 16.2 Å². The summed E-state index contributed by atoms with van der Waals surface area (Å²) in [6.45, 7) is 0. The summed E-state index contributed by atoms with van der Waals surface area (Å²) >= 11 is 0. The fourth-order valence-corrected chi connectivity index (χ4v) is 1.13. The van der Waals surface area contributed by atoms with Crippen molar-refractivity contribution in [2.45, 2.75) is 18.9 Å². The zero-order chi connectivity index (χ0) is 10.1. The highest BCUT2D eigenvalue weighted by atomic mass is 32.2. The number of nitrogens with zero attached hydrogens (tertiary/aromatic N) is 1. The molecule has 0 aromatic carbocycles.